The number of carbonyl (C=O) groups is 2. The topological polar surface area (TPSA) is 124 Å². The van der Waals surface area contributed by atoms with Crippen molar-refractivity contribution < 1.29 is 27.2 Å². The van der Waals surface area contributed by atoms with Crippen molar-refractivity contribution in [2.45, 2.75) is 50.8 Å². The van der Waals surface area contributed by atoms with Crippen LogP contribution >= 0.6 is 0 Å². The van der Waals surface area contributed by atoms with Gasteiger partial charge in [-0.1, -0.05) is 0 Å². The Labute approximate surface area is 175 Å². The van der Waals surface area contributed by atoms with Gasteiger partial charge in [-0.25, -0.2) is 13.2 Å². The van der Waals surface area contributed by atoms with Crippen LogP contribution in [0.1, 0.15) is 42.3 Å². The van der Waals surface area contributed by atoms with E-state index in [4.69, 9.17) is 9.15 Å². The average molecular weight is 439 g/mol. The van der Waals surface area contributed by atoms with Crippen LogP contribution in [-0.4, -0.2) is 60.1 Å². The first kappa shape index (κ1) is 22.0. The van der Waals surface area contributed by atoms with E-state index in [2.05, 4.69) is 10.4 Å². The molecule has 0 spiro atoms. The summed E-state index contributed by atoms with van der Waals surface area (Å²) in [6, 6.07) is 1.66. The maximum Gasteiger partial charge on any atom is 0.374 e. The lowest BCUT2D eigenvalue weighted by molar-refractivity contribution is -0.124. The molecule has 2 aromatic heterocycles. The van der Waals surface area contributed by atoms with E-state index in [-0.39, 0.29) is 29.9 Å². The molecule has 1 saturated heterocycles. The molecule has 3 heterocycles. The van der Waals surface area contributed by atoms with Crippen molar-refractivity contribution in [1.82, 2.24) is 19.4 Å². The van der Waals surface area contributed by atoms with Crippen LogP contribution in [0.3, 0.4) is 0 Å². The number of nitrogens with one attached hydrogen (secondary N) is 1. The molecule has 0 aromatic carbocycles. The number of esters is 1. The molecule has 1 N–H and O–H groups in total. The lowest BCUT2D eigenvalue weighted by Gasteiger charge is -2.22. The zero-order valence-corrected chi connectivity index (χ0v) is 17.9. The predicted octanol–water partition coefficient (Wildman–Crippen LogP) is 1.32. The van der Waals surface area contributed by atoms with Crippen molar-refractivity contribution in [2.24, 2.45) is 0 Å². The SMILES string of the molecule is CCOC(=O)c1ccc(S(=O)(=O)N2CCCC2C(=O)NCCCn2cc(C)cn2)o1. The summed E-state index contributed by atoms with van der Waals surface area (Å²) in [5.41, 5.74) is 1.06. The van der Waals surface area contributed by atoms with Gasteiger partial charge in [0.05, 0.1) is 12.8 Å². The van der Waals surface area contributed by atoms with Gasteiger partial charge in [0.1, 0.15) is 6.04 Å². The number of carbonyl (C=O) groups excluding carboxylic acids is 2. The van der Waals surface area contributed by atoms with Crippen molar-refractivity contribution in [3.05, 3.63) is 35.9 Å². The van der Waals surface area contributed by atoms with Gasteiger partial charge in [-0.2, -0.15) is 9.40 Å². The van der Waals surface area contributed by atoms with E-state index >= 15 is 0 Å². The second-order valence-electron chi connectivity index (χ2n) is 7.04. The molecule has 30 heavy (non-hydrogen) atoms. The summed E-state index contributed by atoms with van der Waals surface area (Å²) in [6.07, 6.45) is 5.35. The minimum Gasteiger partial charge on any atom is -0.460 e. The maximum atomic E-state index is 12.9. The summed E-state index contributed by atoms with van der Waals surface area (Å²) >= 11 is 0. The maximum absolute atomic E-state index is 12.9. The summed E-state index contributed by atoms with van der Waals surface area (Å²) in [4.78, 5) is 24.3. The van der Waals surface area contributed by atoms with Crippen molar-refractivity contribution in [3.8, 4) is 0 Å². The molecular formula is C19H26N4O6S. The molecule has 0 radical (unpaired) electrons. The molecule has 10 nitrogen and oxygen atoms in total. The second-order valence-corrected chi connectivity index (χ2v) is 8.86. The highest BCUT2D eigenvalue weighted by Gasteiger charge is 2.41. The first-order chi connectivity index (χ1) is 14.3. The summed E-state index contributed by atoms with van der Waals surface area (Å²) in [5, 5.41) is 6.62. The fourth-order valence-electron chi connectivity index (χ4n) is 3.34. The number of aromatic nitrogens is 2. The van der Waals surface area contributed by atoms with Gasteiger partial charge in [0, 0.05) is 25.8 Å². The Morgan fingerprint density at radius 3 is 2.87 bits per heavy atom. The Morgan fingerprint density at radius 1 is 1.37 bits per heavy atom. The van der Waals surface area contributed by atoms with E-state index in [1.165, 1.54) is 12.1 Å². The number of ether oxygens (including phenoxy) is 1. The van der Waals surface area contributed by atoms with Gasteiger partial charge in [0.15, 0.2) is 0 Å². The molecular weight excluding hydrogens is 412 g/mol. The van der Waals surface area contributed by atoms with E-state index in [1.54, 1.807) is 17.8 Å². The fraction of sp³-hybridized carbons (Fsp3) is 0.526. The molecule has 164 valence electrons. The molecule has 0 bridgehead atoms. The number of aryl methyl sites for hydroxylation is 2. The predicted molar refractivity (Wildman–Crippen MR) is 106 cm³/mol. The molecule has 1 aliphatic heterocycles. The summed E-state index contributed by atoms with van der Waals surface area (Å²) in [6.45, 7) is 5.02. The van der Waals surface area contributed by atoms with E-state index in [0.29, 0.717) is 32.4 Å². The molecule has 2 aromatic rings. The highest BCUT2D eigenvalue weighted by Crippen LogP contribution is 2.27. The van der Waals surface area contributed by atoms with Crippen LogP contribution in [0.5, 0.6) is 0 Å². The fourth-order valence-corrected chi connectivity index (χ4v) is 4.91. The molecule has 1 fully saturated rings. The van der Waals surface area contributed by atoms with Gasteiger partial charge in [-0.15, -0.1) is 0 Å². The quantitative estimate of drug-likeness (QED) is 0.462. The minimum absolute atomic E-state index is 0.149. The lowest BCUT2D eigenvalue weighted by atomic mass is 10.2. The van der Waals surface area contributed by atoms with Gasteiger partial charge in [-0.3, -0.25) is 9.48 Å². The van der Waals surface area contributed by atoms with Gasteiger partial charge in [0.2, 0.25) is 16.8 Å². The first-order valence-corrected chi connectivity index (χ1v) is 11.3. The van der Waals surface area contributed by atoms with Crippen molar-refractivity contribution in [1.29, 1.82) is 0 Å². The number of amides is 1. The van der Waals surface area contributed by atoms with E-state index < -0.39 is 22.0 Å². The van der Waals surface area contributed by atoms with Crippen LogP contribution in [-0.2, 0) is 26.1 Å². The molecule has 0 aliphatic carbocycles. The number of hydrogen-bond donors (Lipinski definition) is 1. The van der Waals surface area contributed by atoms with Gasteiger partial charge in [0.25, 0.3) is 10.0 Å². The van der Waals surface area contributed by atoms with Crippen LogP contribution in [0, 0.1) is 6.92 Å². The normalized spacial score (nSPS) is 17.2. The van der Waals surface area contributed by atoms with Crippen LogP contribution in [0.4, 0.5) is 0 Å². The zero-order valence-electron chi connectivity index (χ0n) is 17.0. The van der Waals surface area contributed by atoms with Crippen molar-refractivity contribution in [2.75, 3.05) is 19.7 Å². The molecule has 1 unspecified atom stereocenters. The van der Waals surface area contributed by atoms with Gasteiger partial charge >= 0.3 is 5.97 Å². The largest absolute Gasteiger partial charge is 0.460 e. The molecule has 1 aliphatic rings. The lowest BCUT2D eigenvalue weighted by Crippen LogP contribution is -2.46. The number of sulfonamides is 1. The number of furan rings is 1. The van der Waals surface area contributed by atoms with Crippen LogP contribution in [0.25, 0.3) is 0 Å². The van der Waals surface area contributed by atoms with Gasteiger partial charge in [-0.05, 0) is 50.8 Å². The summed E-state index contributed by atoms with van der Waals surface area (Å²) < 4.78 is 38.8. The average Bonchev–Trinajstić information content (AvgIpc) is 3.45. The van der Waals surface area contributed by atoms with Gasteiger partial charge < -0.3 is 14.5 Å². The second kappa shape index (κ2) is 9.43. The third-order valence-electron chi connectivity index (χ3n) is 4.75. The standard InChI is InChI=1S/C19H26N4O6S/c1-3-28-19(25)16-7-8-17(29-16)30(26,27)23-11-4-6-15(23)18(24)20-9-5-10-22-13-14(2)12-21-22/h7-8,12-13,15H,3-6,9-11H2,1-2H3,(H,20,24). The highest BCUT2D eigenvalue weighted by molar-refractivity contribution is 7.89. The molecule has 1 amide bonds. The zero-order chi connectivity index (χ0) is 21.7. The third-order valence-corrected chi connectivity index (χ3v) is 6.54. The van der Waals surface area contributed by atoms with Crippen molar-refractivity contribution in [3.63, 3.8) is 0 Å². The molecule has 3 rings (SSSR count). The Balaban J connectivity index is 1.59. The Bertz CT molecular complexity index is 996. The Kier molecular flexibility index (Phi) is 6.93. The van der Waals surface area contributed by atoms with Crippen molar-refractivity contribution >= 4 is 21.9 Å². The van der Waals surface area contributed by atoms with E-state index in [0.717, 1.165) is 9.87 Å². The monoisotopic (exact) mass is 438 g/mol. The third kappa shape index (κ3) is 4.90. The van der Waals surface area contributed by atoms with Crippen LogP contribution < -0.4 is 5.32 Å². The van der Waals surface area contributed by atoms with E-state index in [1.807, 2.05) is 13.1 Å². The molecule has 11 heteroatoms. The Hall–Kier alpha value is -2.66. The molecule has 1 atom stereocenters. The number of hydrogen-bond acceptors (Lipinski definition) is 7. The van der Waals surface area contributed by atoms with Crippen LogP contribution in [0.15, 0.2) is 34.0 Å². The minimum atomic E-state index is -4.05. The van der Waals surface area contributed by atoms with Crippen LogP contribution in [0.2, 0.25) is 0 Å². The number of rotatable bonds is 9. The number of nitrogens with zero attached hydrogens (tertiary/aromatic N) is 3. The first-order valence-electron chi connectivity index (χ1n) is 9.88. The summed E-state index contributed by atoms with van der Waals surface area (Å²) in [7, 11) is -4.05. The summed E-state index contributed by atoms with van der Waals surface area (Å²) in [5.74, 6) is -1.27. The molecule has 0 saturated carbocycles. The van der Waals surface area contributed by atoms with E-state index in [9.17, 15) is 18.0 Å². The Morgan fingerprint density at radius 2 is 2.17 bits per heavy atom. The highest BCUT2D eigenvalue weighted by atomic mass is 32.2. The smallest absolute Gasteiger partial charge is 0.374 e.